The maximum Gasteiger partial charge on any atom is 0.222 e. The topological polar surface area (TPSA) is 85.0 Å². The number of amides is 1. The molecule has 0 aliphatic rings. The number of nitrogens with two attached hydrogens (primary N) is 1. The van der Waals surface area contributed by atoms with E-state index >= 15 is 0 Å². The Morgan fingerprint density at radius 1 is 1.42 bits per heavy atom. The number of aromatic nitrogens is 2. The highest BCUT2D eigenvalue weighted by atomic mass is 16.1. The van der Waals surface area contributed by atoms with Gasteiger partial charge < -0.3 is 16.4 Å². The summed E-state index contributed by atoms with van der Waals surface area (Å²) in [4.78, 5) is 11.7. The van der Waals surface area contributed by atoms with E-state index < -0.39 is 0 Å². The van der Waals surface area contributed by atoms with Crippen molar-refractivity contribution in [3.05, 3.63) is 5.69 Å². The van der Waals surface area contributed by atoms with Crippen molar-refractivity contribution in [2.24, 2.45) is 0 Å². The first-order chi connectivity index (χ1) is 8.74. The van der Waals surface area contributed by atoms with Crippen molar-refractivity contribution in [2.75, 3.05) is 17.6 Å². The molecule has 0 saturated heterocycles. The standard InChI is InChI=1S/C13H25N5O/c1-6-18-12(11(14)9(2)17-18)15-8-7-10(19)16-13(3,4)5/h15H,6-8,14H2,1-5H3,(H,16,19). The molecule has 6 heteroatoms. The van der Waals surface area contributed by atoms with Crippen LogP contribution in [0.3, 0.4) is 0 Å². The number of nitrogen functional groups attached to an aromatic ring is 1. The molecule has 1 aromatic heterocycles. The zero-order valence-corrected chi connectivity index (χ0v) is 12.5. The van der Waals surface area contributed by atoms with Crippen molar-refractivity contribution in [2.45, 2.75) is 53.1 Å². The Balaban J connectivity index is 2.52. The van der Waals surface area contributed by atoms with Gasteiger partial charge in [0, 0.05) is 25.0 Å². The van der Waals surface area contributed by atoms with Crippen LogP contribution in [0, 0.1) is 6.92 Å². The monoisotopic (exact) mass is 267 g/mol. The SMILES string of the molecule is CCn1nc(C)c(N)c1NCCC(=O)NC(C)(C)C. The van der Waals surface area contributed by atoms with Crippen molar-refractivity contribution in [3.63, 3.8) is 0 Å². The van der Waals surface area contributed by atoms with E-state index in [0.717, 1.165) is 18.1 Å². The molecule has 0 radical (unpaired) electrons. The summed E-state index contributed by atoms with van der Waals surface area (Å²) in [6.45, 7) is 11.1. The Morgan fingerprint density at radius 3 is 2.58 bits per heavy atom. The Labute approximate surface area is 114 Å². The van der Waals surface area contributed by atoms with Crippen LogP contribution >= 0.6 is 0 Å². The van der Waals surface area contributed by atoms with Crippen LogP contribution in [-0.4, -0.2) is 27.8 Å². The summed E-state index contributed by atoms with van der Waals surface area (Å²) < 4.78 is 1.81. The molecule has 19 heavy (non-hydrogen) atoms. The van der Waals surface area contributed by atoms with E-state index in [4.69, 9.17) is 5.73 Å². The Morgan fingerprint density at radius 2 is 2.05 bits per heavy atom. The van der Waals surface area contributed by atoms with E-state index in [2.05, 4.69) is 15.7 Å². The molecule has 1 rings (SSSR count). The van der Waals surface area contributed by atoms with Gasteiger partial charge in [-0.25, -0.2) is 4.68 Å². The van der Waals surface area contributed by atoms with Crippen molar-refractivity contribution >= 4 is 17.4 Å². The predicted octanol–water partition coefficient (Wildman–Crippen LogP) is 1.51. The molecule has 108 valence electrons. The van der Waals surface area contributed by atoms with Crippen molar-refractivity contribution in [1.29, 1.82) is 0 Å². The zero-order valence-electron chi connectivity index (χ0n) is 12.5. The van der Waals surface area contributed by atoms with Crippen LogP contribution in [0.2, 0.25) is 0 Å². The van der Waals surface area contributed by atoms with Gasteiger partial charge in [0.25, 0.3) is 0 Å². The first-order valence-electron chi connectivity index (χ1n) is 6.62. The number of nitrogens with one attached hydrogen (secondary N) is 2. The van der Waals surface area contributed by atoms with Crippen LogP contribution in [-0.2, 0) is 11.3 Å². The molecule has 1 amide bonds. The number of hydrogen-bond donors (Lipinski definition) is 3. The van der Waals surface area contributed by atoms with Gasteiger partial charge in [-0.2, -0.15) is 5.10 Å². The third kappa shape index (κ3) is 4.46. The Hall–Kier alpha value is -1.72. The lowest BCUT2D eigenvalue weighted by Gasteiger charge is -2.20. The van der Waals surface area contributed by atoms with E-state index in [1.165, 1.54) is 0 Å². The van der Waals surface area contributed by atoms with Gasteiger partial charge in [-0.3, -0.25) is 4.79 Å². The summed E-state index contributed by atoms with van der Waals surface area (Å²) in [6, 6.07) is 0. The molecule has 0 bridgehead atoms. The number of rotatable bonds is 5. The average molecular weight is 267 g/mol. The fraction of sp³-hybridized carbons (Fsp3) is 0.692. The van der Waals surface area contributed by atoms with E-state index in [1.807, 2.05) is 39.3 Å². The highest BCUT2D eigenvalue weighted by Crippen LogP contribution is 2.21. The quantitative estimate of drug-likeness (QED) is 0.755. The molecule has 0 fully saturated rings. The number of carbonyl (C=O) groups is 1. The fourth-order valence-corrected chi connectivity index (χ4v) is 1.79. The van der Waals surface area contributed by atoms with E-state index in [0.29, 0.717) is 18.7 Å². The van der Waals surface area contributed by atoms with E-state index in [-0.39, 0.29) is 11.4 Å². The molecule has 0 aliphatic carbocycles. The summed E-state index contributed by atoms with van der Waals surface area (Å²) in [6.07, 6.45) is 0.407. The third-order valence-electron chi connectivity index (χ3n) is 2.63. The Kier molecular flexibility index (Phi) is 4.80. The van der Waals surface area contributed by atoms with Gasteiger partial charge in [0.05, 0.1) is 11.4 Å². The summed E-state index contributed by atoms with van der Waals surface area (Å²) in [5, 5.41) is 10.4. The maximum absolute atomic E-state index is 11.7. The highest BCUT2D eigenvalue weighted by molar-refractivity contribution is 5.77. The lowest BCUT2D eigenvalue weighted by Crippen LogP contribution is -2.41. The molecule has 0 spiro atoms. The molecule has 0 saturated carbocycles. The lowest BCUT2D eigenvalue weighted by atomic mass is 10.1. The zero-order chi connectivity index (χ0) is 14.6. The van der Waals surface area contributed by atoms with Crippen LogP contribution in [0.5, 0.6) is 0 Å². The average Bonchev–Trinajstić information content (AvgIpc) is 2.54. The van der Waals surface area contributed by atoms with Gasteiger partial charge in [-0.1, -0.05) is 0 Å². The maximum atomic E-state index is 11.7. The summed E-state index contributed by atoms with van der Waals surface area (Å²) in [7, 11) is 0. The number of nitrogens with zero attached hydrogens (tertiary/aromatic N) is 2. The van der Waals surface area contributed by atoms with Gasteiger partial charge in [-0.05, 0) is 34.6 Å². The third-order valence-corrected chi connectivity index (χ3v) is 2.63. The predicted molar refractivity (Wildman–Crippen MR) is 78.1 cm³/mol. The van der Waals surface area contributed by atoms with Gasteiger partial charge in [0.15, 0.2) is 0 Å². The minimum atomic E-state index is -0.197. The van der Waals surface area contributed by atoms with Gasteiger partial charge >= 0.3 is 0 Å². The van der Waals surface area contributed by atoms with Crippen molar-refractivity contribution in [3.8, 4) is 0 Å². The molecule has 0 aromatic carbocycles. The van der Waals surface area contributed by atoms with Gasteiger partial charge in [0.2, 0.25) is 5.91 Å². The minimum Gasteiger partial charge on any atom is -0.394 e. The number of hydrogen-bond acceptors (Lipinski definition) is 4. The molecular formula is C13H25N5O. The molecule has 4 N–H and O–H groups in total. The van der Waals surface area contributed by atoms with Crippen LogP contribution in [0.4, 0.5) is 11.5 Å². The first kappa shape index (κ1) is 15.3. The largest absolute Gasteiger partial charge is 0.394 e. The molecular weight excluding hydrogens is 242 g/mol. The van der Waals surface area contributed by atoms with Gasteiger partial charge in [-0.15, -0.1) is 0 Å². The van der Waals surface area contributed by atoms with Crippen LogP contribution in [0.1, 0.15) is 39.8 Å². The summed E-state index contributed by atoms with van der Waals surface area (Å²) in [5.74, 6) is 0.821. The van der Waals surface area contributed by atoms with E-state index in [1.54, 1.807) is 0 Å². The molecule has 0 atom stereocenters. The van der Waals surface area contributed by atoms with Gasteiger partial charge in [0.1, 0.15) is 5.82 Å². The summed E-state index contributed by atoms with van der Waals surface area (Å²) >= 11 is 0. The molecule has 0 aliphatic heterocycles. The second kappa shape index (κ2) is 5.95. The van der Waals surface area contributed by atoms with E-state index in [9.17, 15) is 4.79 Å². The first-order valence-corrected chi connectivity index (χ1v) is 6.62. The van der Waals surface area contributed by atoms with Crippen molar-refractivity contribution < 1.29 is 4.79 Å². The number of aryl methyl sites for hydroxylation is 2. The number of carbonyl (C=O) groups excluding carboxylic acids is 1. The highest BCUT2D eigenvalue weighted by Gasteiger charge is 2.14. The molecule has 1 heterocycles. The Bertz CT molecular complexity index is 445. The molecule has 6 nitrogen and oxygen atoms in total. The fourth-order valence-electron chi connectivity index (χ4n) is 1.79. The van der Waals surface area contributed by atoms with Crippen LogP contribution in [0.25, 0.3) is 0 Å². The number of anilines is 2. The van der Waals surface area contributed by atoms with Crippen LogP contribution < -0.4 is 16.4 Å². The second-order valence-corrected chi connectivity index (χ2v) is 5.64. The molecule has 1 aromatic rings. The van der Waals surface area contributed by atoms with Crippen molar-refractivity contribution in [1.82, 2.24) is 15.1 Å². The summed E-state index contributed by atoms with van der Waals surface area (Å²) in [5.41, 5.74) is 7.21. The second-order valence-electron chi connectivity index (χ2n) is 5.64. The molecule has 0 unspecified atom stereocenters. The normalized spacial score (nSPS) is 11.4. The lowest BCUT2D eigenvalue weighted by molar-refractivity contribution is -0.122. The smallest absolute Gasteiger partial charge is 0.222 e. The van der Waals surface area contributed by atoms with Crippen LogP contribution in [0.15, 0.2) is 0 Å². The minimum absolute atomic E-state index is 0.0258.